The second kappa shape index (κ2) is 7.33. The van der Waals surface area contributed by atoms with Crippen LogP contribution in [-0.2, 0) is 0 Å². The molecular formula is C14H24BrN5. The molecule has 1 aliphatic heterocycles. The smallest absolute Gasteiger partial charge is 0.134 e. The van der Waals surface area contributed by atoms with Crippen LogP contribution >= 0.6 is 15.9 Å². The van der Waals surface area contributed by atoms with E-state index in [9.17, 15) is 0 Å². The highest BCUT2D eigenvalue weighted by Crippen LogP contribution is 2.17. The molecule has 0 atom stereocenters. The van der Waals surface area contributed by atoms with Gasteiger partial charge in [0, 0.05) is 51.3 Å². The minimum atomic E-state index is 0.339. The lowest BCUT2D eigenvalue weighted by Gasteiger charge is -2.32. The number of aromatic nitrogens is 2. The quantitative estimate of drug-likeness (QED) is 0.830. The van der Waals surface area contributed by atoms with Crippen LogP contribution in [0.3, 0.4) is 0 Å². The molecule has 5 nitrogen and oxygen atoms in total. The summed E-state index contributed by atoms with van der Waals surface area (Å²) in [5.41, 5.74) is 0. The van der Waals surface area contributed by atoms with Crippen molar-refractivity contribution in [3.63, 3.8) is 0 Å². The number of anilines is 1. The Balaban J connectivity index is 1.82. The number of nitrogens with one attached hydrogen (secondary N) is 1. The lowest BCUT2D eigenvalue weighted by atomic mass is 10.2. The van der Waals surface area contributed by atoms with E-state index < -0.39 is 0 Å². The third kappa shape index (κ3) is 4.68. The Morgan fingerprint density at radius 2 is 1.95 bits per heavy atom. The van der Waals surface area contributed by atoms with Gasteiger partial charge in [0.1, 0.15) is 16.2 Å². The predicted octanol–water partition coefficient (Wildman–Crippen LogP) is 2.02. The maximum Gasteiger partial charge on any atom is 0.134 e. The summed E-state index contributed by atoms with van der Waals surface area (Å²) in [4.78, 5) is 13.8. The fraction of sp³-hybridized carbons (Fsp3) is 0.714. The molecule has 2 heterocycles. The first-order valence-electron chi connectivity index (χ1n) is 7.24. The van der Waals surface area contributed by atoms with Crippen LogP contribution < -0.4 is 5.32 Å². The van der Waals surface area contributed by atoms with Crippen molar-refractivity contribution in [1.29, 1.82) is 0 Å². The monoisotopic (exact) mass is 341 g/mol. The van der Waals surface area contributed by atoms with Gasteiger partial charge in [-0.25, -0.2) is 9.97 Å². The van der Waals surface area contributed by atoms with Crippen molar-refractivity contribution in [3.8, 4) is 0 Å². The van der Waals surface area contributed by atoms with E-state index in [1.165, 1.54) is 0 Å². The van der Waals surface area contributed by atoms with E-state index in [-0.39, 0.29) is 0 Å². The number of likely N-dealkylation sites (N-methyl/N-ethyl adjacent to an activating group) is 1. The Morgan fingerprint density at radius 1 is 1.25 bits per heavy atom. The molecule has 0 aliphatic carbocycles. The molecule has 0 saturated carbocycles. The molecule has 1 aromatic rings. The first-order valence-corrected chi connectivity index (χ1v) is 8.03. The molecule has 20 heavy (non-hydrogen) atoms. The maximum atomic E-state index is 4.55. The van der Waals surface area contributed by atoms with Gasteiger partial charge < -0.3 is 10.2 Å². The average Bonchev–Trinajstić information content (AvgIpc) is 2.40. The summed E-state index contributed by atoms with van der Waals surface area (Å²) in [6, 6.07) is 1.94. The molecule has 0 spiro atoms. The van der Waals surface area contributed by atoms with Crippen LogP contribution in [0.1, 0.15) is 25.6 Å². The zero-order chi connectivity index (χ0) is 14.5. The van der Waals surface area contributed by atoms with E-state index >= 15 is 0 Å². The summed E-state index contributed by atoms with van der Waals surface area (Å²) >= 11 is 3.45. The minimum absolute atomic E-state index is 0.339. The van der Waals surface area contributed by atoms with Crippen LogP contribution in [0, 0.1) is 0 Å². The molecule has 0 bridgehead atoms. The molecule has 0 aromatic carbocycles. The molecule has 0 radical (unpaired) electrons. The first-order chi connectivity index (χ1) is 9.54. The number of halogens is 1. The number of nitrogens with zero attached hydrogens (tertiary/aromatic N) is 4. The van der Waals surface area contributed by atoms with Crippen molar-refractivity contribution in [1.82, 2.24) is 19.8 Å². The molecular weight excluding hydrogens is 318 g/mol. The second-order valence-electron chi connectivity index (χ2n) is 5.66. The van der Waals surface area contributed by atoms with Crippen LogP contribution in [0.25, 0.3) is 0 Å². The SMILES string of the molecule is CC(C)c1nc(Br)cc(NCCN2CCN(C)CC2)n1. The van der Waals surface area contributed by atoms with Gasteiger partial charge in [0.15, 0.2) is 0 Å². The van der Waals surface area contributed by atoms with Gasteiger partial charge in [-0.05, 0) is 23.0 Å². The fourth-order valence-corrected chi connectivity index (χ4v) is 2.60. The van der Waals surface area contributed by atoms with Gasteiger partial charge in [-0.3, -0.25) is 4.90 Å². The minimum Gasteiger partial charge on any atom is -0.369 e. The number of piperazine rings is 1. The Morgan fingerprint density at radius 3 is 2.60 bits per heavy atom. The lowest BCUT2D eigenvalue weighted by molar-refractivity contribution is 0.158. The van der Waals surface area contributed by atoms with E-state index in [0.29, 0.717) is 5.92 Å². The van der Waals surface area contributed by atoms with Gasteiger partial charge >= 0.3 is 0 Å². The zero-order valence-corrected chi connectivity index (χ0v) is 14.2. The summed E-state index contributed by atoms with van der Waals surface area (Å²) in [6.07, 6.45) is 0. The van der Waals surface area contributed by atoms with E-state index in [2.05, 4.69) is 61.9 Å². The van der Waals surface area contributed by atoms with E-state index in [1.807, 2.05) is 6.07 Å². The van der Waals surface area contributed by atoms with Crippen molar-refractivity contribution in [3.05, 3.63) is 16.5 Å². The van der Waals surface area contributed by atoms with Crippen LogP contribution in [0.5, 0.6) is 0 Å². The standard InChI is InChI=1S/C14H24BrN5/c1-11(2)14-17-12(15)10-13(18-14)16-4-5-20-8-6-19(3)7-9-20/h10-11H,4-9H2,1-3H3,(H,16,17,18). The number of hydrogen-bond donors (Lipinski definition) is 1. The third-order valence-electron chi connectivity index (χ3n) is 3.56. The first kappa shape index (κ1) is 15.7. The van der Waals surface area contributed by atoms with Gasteiger partial charge in [-0.15, -0.1) is 0 Å². The molecule has 2 rings (SSSR count). The summed E-state index contributed by atoms with van der Waals surface area (Å²) in [5, 5.41) is 3.40. The Kier molecular flexibility index (Phi) is 5.74. The van der Waals surface area contributed by atoms with Gasteiger partial charge in [0.2, 0.25) is 0 Å². The highest BCUT2D eigenvalue weighted by molar-refractivity contribution is 9.10. The molecule has 1 N–H and O–H groups in total. The number of hydrogen-bond acceptors (Lipinski definition) is 5. The number of rotatable bonds is 5. The van der Waals surface area contributed by atoms with Crippen molar-refractivity contribution >= 4 is 21.7 Å². The highest BCUT2D eigenvalue weighted by Gasteiger charge is 2.13. The Bertz CT molecular complexity index is 430. The second-order valence-corrected chi connectivity index (χ2v) is 6.47. The summed E-state index contributed by atoms with van der Waals surface area (Å²) in [7, 11) is 2.18. The maximum absolute atomic E-state index is 4.55. The highest BCUT2D eigenvalue weighted by atomic mass is 79.9. The third-order valence-corrected chi connectivity index (χ3v) is 3.96. The van der Waals surface area contributed by atoms with Crippen molar-refractivity contribution in [2.24, 2.45) is 0 Å². The van der Waals surface area contributed by atoms with E-state index in [0.717, 1.165) is 55.5 Å². The van der Waals surface area contributed by atoms with Gasteiger partial charge in [0.25, 0.3) is 0 Å². The van der Waals surface area contributed by atoms with Crippen LogP contribution in [0.4, 0.5) is 5.82 Å². The van der Waals surface area contributed by atoms with E-state index in [1.54, 1.807) is 0 Å². The van der Waals surface area contributed by atoms with Crippen LogP contribution in [0.2, 0.25) is 0 Å². The molecule has 1 aromatic heterocycles. The predicted molar refractivity (Wildman–Crippen MR) is 86.2 cm³/mol. The van der Waals surface area contributed by atoms with Gasteiger partial charge in [-0.2, -0.15) is 0 Å². The molecule has 6 heteroatoms. The summed E-state index contributed by atoms with van der Waals surface area (Å²) in [5.74, 6) is 2.12. The topological polar surface area (TPSA) is 44.3 Å². The Labute approximate surface area is 129 Å². The largest absolute Gasteiger partial charge is 0.369 e. The van der Waals surface area contributed by atoms with Crippen LogP contribution in [0.15, 0.2) is 10.7 Å². The van der Waals surface area contributed by atoms with Crippen molar-refractivity contribution in [2.45, 2.75) is 19.8 Å². The molecule has 112 valence electrons. The molecule has 0 unspecified atom stereocenters. The van der Waals surface area contributed by atoms with Crippen molar-refractivity contribution < 1.29 is 0 Å². The molecule has 0 amide bonds. The molecule has 1 aliphatic rings. The zero-order valence-electron chi connectivity index (χ0n) is 12.6. The molecule has 1 saturated heterocycles. The fourth-order valence-electron chi connectivity index (χ4n) is 2.20. The van der Waals surface area contributed by atoms with Crippen LogP contribution in [-0.4, -0.2) is 66.1 Å². The van der Waals surface area contributed by atoms with E-state index in [4.69, 9.17) is 0 Å². The van der Waals surface area contributed by atoms with Crippen molar-refractivity contribution in [2.75, 3.05) is 51.6 Å². The van der Waals surface area contributed by atoms with Gasteiger partial charge in [-0.1, -0.05) is 13.8 Å². The Hall–Kier alpha value is -0.720. The van der Waals surface area contributed by atoms with Gasteiger partial charge in [0.05, 0.1) is 0 Å². The molecule has 1 fully saturated rings. The summed E-state index contributed by atoms with van der Waals surface area (Å²) in [6.45, 7) is 10.8. The average molecular weight is 342 g/mol. The summed E-state index contributed by atoms with van der Waals surface area (Å²) < 4.78 is 0.846. The normalized spacial score (nSPS) is 17.6. The lowest BCUT2D eigenvalue weighted by Crippen LogP contribution is -2.45.